The maximum absolute atomic E-state index is 12.5. The summed E-state index contributed by atoms with van der Waals surface area (Å²) in [6.45, 7) is 7.46. The van der Waals surface area contributed by atoms with E-state index in [0.717, 1.165) is 24.0 Å². The smallest absolute Gasteiger partial charge is 0.344 e. The number of carbonyl (C=O) groups excluding carboxylic acids is 2. The monoisotopic (exact) mass is 512 g/mol. The molecule has 3 rings (SSSR count). The van der Waals surface area contributed by atoms with Crippen molar-refractivity contribution in [1.29, 1.82) is 0 Å². The van der Waals surface area contributed by atoms with E-state index in [4.69, 9.17) is 14.2 Å². The topological polar surface area (TPSA) is 119 Å². The first-order chi connectivity index (χ1) is 17.7. The molecule has 0 bridgehead atoms. The first-order valence-corrected chi connectivity index (χ1v) is 12.9. The molecule has 0 aromatic heterocycles. The third-order valence-corrected chi connectivity index (χ3v) is 6.41. The van der Waals surface area contributed by atoms with Crippen LogP contribution in [-0.2, 0) is 24.1 Å². The number of aliphatic carboxylic acids is 1. The molecule has 0 amide bonds. The number of hydrogen-bond donors (Lipinski definition) is 2. The third-order valence-electron chi connectivity index (χ3n) is 6.41. The second-order valence-corrected chi connectivity index (χ2v) is 9.30. The van der Waals surface area contributed by atoms with Gasteiger partial charge >= 0.3 is 5.97 Å². The van der Waals surface area contributed by atoms with Gasteiger partial charge in [0.05, 0.1) is 24.3 Å². The molecule has 1 atom stereocenters. The number of aryl methyl sites for hydroxylation is 1. The fourth-order valence-electron chi connectivity index (χ4n) is 4.61. The van der Waals surface area contributed by atoms with Crippen LogP contribution < -0.4 is 14.2 Å². The van der Waals surface area contributed by atoms with Gasteiger partial charge in [0, 0.05) is 17.5 Å². The lowest BCUT2D eigenvalue weighted by Crippen LogP contribution is -2.31. The third kappa shape index (κ3) is 6.42. The molecule has 2 aromatic rings. The van der Waals surface area contributed by atoms with Gasteiger partial charge < -0.3 is 24.4 Å². The maximum atomic E-state index is 12.5. The number of benzene rings is 2. The summed E-state index contributed by atoms with van der Waals surface area (Å²) in [6.07, 6.45) is 3.17. The van der Waals surface area contributed by atoms with Crippen molar-refractivity contribution in [3.63, 3.8) is 0 Å². The maximum Gasteiger partial charge on any atom is 0.344 e. The van der Waals surface area contributed by atoms with E-state index in [1.165, 1.54) is 13.8 Å². The number of ketones is 2. The summed E-state index contributed by atoms with van der Waals surface area (Å²) in [4.78, 5) is 35.8. The predicted octanol–water partition coefficient (Wildman–Crippen LogP) is 5.33. The van der Waals surface area contributed by atoms with Crippen molar-refractivity contribution in [2.45, 2.75) is 78.7 Å². The lowest BCUT2D eigenvalue weighted by molar-refractivity contribution is -0.145. The van der Waals surface area contributed by atoms with E-state index in [1.54, 1.807) is 18.2 Å². The van der Waals surface area contributed by atoms with Gasteiger partial charge in [-0.05, 0) is 63.3 Å². The van der Waals surface area contributed by atoms with Crippen LogP contribution >= 0.6 is 0 Å². The Morgan fingerprint density at radius 2 is 1.62 bits per heavy atom. The van der Waals surface area contributed by atoms with Crippen molar-refractivity contribution >= 4 is 17.5 Å². The molecule has 1 heterocycles. The number of ether oxygens (including phenoxy) is 3. The first-order valence-electron chi connectivity index (χ1n) is 12.9. The number of aromatic hydroxyl groups is 1. The van der Waals surface area contributed by atoms with Crippen molar-refractivity contribution in [1.82, 2.24) is 0 Å². The zero-order chi connectivity index (χ0) is 27.1. The summed E-state index contributed by atoms with van der Waals surface area (Å²) in [5, 5.41) is 20.0. The second kappa shape index (κ2) is 12.6. The standard InChI is InChI=1S/C29H36O8/c1-5-8-21-24(13-11-20(17(3)30)26(21)32)35-14-7-15-36-28-22(9-6-2)27-19(16-23(28)18(4)31)10-12-25(37-27)29(33)34/h11,13,16,25,32H,5-10,12,14-15H2,1-4H3,(H,33,34). The van der Waals surface area contributed by atoms with Gasteiger partial charge in [-0.15, -0.1) is 0 Å². The molecular formula is C29H36O8. The molecule has 2 aromatic carbocycles. The molecule has 8 nitrogen and oxygen atoms in total. The number of carboxylic acid groups (broad SMARTS) is 1. The van der Waals surface area contributed by atoms with Crippen molar-refractivity contribution in [3.8, 4) is 23.0 Å². The molecule has 1 aliphatic rings. The molecule has 37 heavy (non-hydrogen) atoms. The van der Waals surface area contributed by atoms with E-state index in [-0.39, 0.29) is 29.5 Å². The van der Waals surface area contributed by atoms with Gasteiger partial charge in [0.15, 0.2) is 17.7 Å². The van der Waals surface area contributed by atoms with Crippen molar-refractivity contribution in [3.05, 3.63) is 46.0 Å². The summed E-state index contributed by atoms with van der Waals surface area (Å²) < 4.78 is 17.9. The van der Waals surface area contributed by atoms with Crippen molar-refractivity contribution in [2.75, 3.05) is 13.2 Å². The number of phenolic OH excluding ortho intramolecular Hbond substituents is 1. The number of hydrogen-bond acceptors (Lipinski definition) is 7. The molecule has 1 aliphatic heterocycles. The molecule has 0 saturated heterocycles. The number of carboxylic acids is 1. The summed E-state index contributed by atoms with van der Waals surface area (Å²) in [5.41, 5.74) is 2.92. The Hall–Kier alpha value is -3.55. The normalized spacial score (nSPS) is 14.4. The average molecular weight is 513 g/mol. The Morgan fingerprint density at radius 1 is 0.973 bits per heavy atom. The summed E-state index contributed by atoms with van der Waals surface area (Å²) in [7, 11) is 0. The van der Waals surface area contributed by atoms with Gasteiger partial charge in [0.2, 0.25) is 0 Å². The fraction of sp³-hybridized carbons (Fsp3) is 0.483. The van der Waals surface area contributed by atoms with Crippen LogP contribution in [0.2, 0.25) is 0 Å². The van der Waals surface area contributed by atoms with Crippen molar-refractivity contribution in [2.24, 2.45) is 0 Å². The van der Waals surface area contributed by atoms with Crippen LogP contribution in [0.1, 0.15) is 90.8 Å². The minimum Gasteiger partial charge on any atom is -0.507 e. The zero-order valence-electron chi connectivity index (χ0n) is 22.0. The predicted molar refractivity (Wildman–Crippen MR) is 139 cm³/mol. The summed E-state index contributed by atoms with van der Waals surface area (Å²) in [5.74, 6) is 0.110. The Kier molecular flexibility index (Phi) is 9.55. The first kappa shape index (κ1) is 28.0. The van der Waals surface area contributed by atoms with Crippen LogP contribution in [0.5, 0.6) is 23.0 Å². The van der Waals surface area contributed by atoms with E-state index in [1.807, 2.05) is 13.8 Å². The number of fused-ring (bicyclic) bond motifs is 1. The van der Waals surface area contributed by atoms with Gasteiger partial charge in [-0.25, -0.2) is 4.79 Å². The summed E-state index contributed by atoms with van der Waals surface area (Å²) >= 11 is 0. The number of phenols is 1. The molecule has 0 spiro atoms. The lowest BCUT2D eigenvalue weighted by Gasteiger charge is -2.28. The molecule has 0 aliphatic carbocycles. The largest absolute Gasteiger partial charge is 0.507 e. The van der Waals surface area contributed by atoms with Gasteiger partial charge in [-0.1, -0.05) is 26.7 Å². The number of Topliss-reactive ketones (excluding diaryl/α,β-unsaturated/α-hetero) is 2. The average Bonchev–Trinajstić information content (AvgIpc) is 2.85. The van der Waals surface area contributed by atoms with E-state index < -0.39 is 12.1 Å². The quantitative estimate of drug-likeness (QED) is 0.273. The minimum absolute atomic E-state index is 0.0351. The lowest BCUT2D eigenvalue weighted by atomic mass is 9.92. The van der Waals surface area contributed by atoms with E-state index in [0.29, 0.717) is 67.1 Å². The molecule has 2 N–H and O–H groups in total. The number of rotatable bonds is 13. The van der Waals surface area contributed by atoms with Crippen LogP contribution in [0.25, 0.3) is 0 Å². The van der Waals surface area contributed by atoms with Crippen LogP contribution in [0, 0.1) is 0 Å². The molecular weight excluding hydrogens is 476 g/mol. The molecule has 200 valence electrons. The zero-order valence-corrected chi connectivity index (χ0v) is 22.0. The molecule has 8 heteroatoms. The van der Waals surface area contributed by atoms with Crippen LogP contribution in [0.3, 0.4) is 0 Å². The molecule has 0 saturated carbocycles. The van der Waals surface area contributed by atoms with Gasteiger partial charge in [0.1, 0.15) is 23.0 Å². The SMILES string of the molecule is CCCc1c(OCCCOc2c(C(C)=O)cc3c(c2CCC)OC(C(=O)O)CC3)ccc(C(C)=O)c1O. The van der Waals surface area contributed by atoms with E-state index >= 15 is 0 Å². The highest BCUT2D eigenvalue weighted by Crippen LogP contribution is 2.41. The Bertz CT molecular complexity index is 1170. The highest BCUT2D eigenvalue weighted by molar-refractivity contribution is 5.98. The van der Waals surface area contributed by atoms with Crippen molar-refractivity contribution < 1.29 is 38.8 Å². The van der Waals surface area contributed by atoms with Crippen LogP contribution in [0.4, 0.5) is 0 Å². The molecule has 0 radical (unpaired) electrons. The number of carbonyl (C=O) groups is 3. The van der Waals surface area contributed by atoms with Crippen LogP contribution in [-0.4, -0.2) is 47.1 Å². The Labute approximate surface area is 217 Å². The van der Waals surface area contributed by atoms with Gasteiger partial charge in [-0.2, -0.15) is 0 Å². The fourth-order valence-corrected chi connectivity index (χ4v) is 4.61. The Balaban J connectivity index is 1.76. The second-order valence-electron chi connectivity index (χ2n) is 9.30. The highest BCUT2D eigenvalue weighted by Gasteiger charge is 2.31. The van der Waals surface area contributed by atoms with Gasteiger partial charge in [-0.3, -0.25) is 9.59 Å². The molecule has 0 fully saturated rings. The molecule has 1 unspecified atom stereocenters. The van der Waals surface area contributed by atoms with E-state index in [9.17, 15) is 24.6 Å². The van der Waals surface area contributed by atoms with Gasteiger partial charge in [0.25, 0.3) is 0 Å². The van der Waals surface area contributed by atoms with Crippen LogP contribution in [0.15, 0.2) is 18.2 Å². The Morgan fingerprint density at radius 3 is 2.24 bits per heavy atom. The van der Waals surface area contributed by atoms with E-state index in [2.05, 4.69) is 0 Å². The summed E-state index contributed by atoms with van der Waals surface area (Å²) in [6, 6.07) is 5.03. The highest BCUT2D eigenvalue weighted by atomic mass is 16.5. The minimum atomic E-state index is -1.01.